The number of anilines is 2. The first kappa shape index (κ1) is 14.7. The minimum absolute atomic E-state index is 0.0203. The van der Waals surface area contributed by atoms with Gasteiger partial charge in [-0.25, -0.2) is 15.8 Å². The van der Waals surface area contributed by atoms with E-state index in [4.69, 9.17) is 5.84 Å². The molecule has 0 aliphatic heterocycles. The second-order valence-corrected chi connectivity index (χ2v) is 4.49. The number of nitrogens with two attached hydrogens (primary N) is 1. The molecule has 2 rings (SSSR count). The van der Waals surface area contributed by atoms with Gasteiger partial charge in [-0.15, -0.1) is 0 Å². The van der Waals surface area contributed by atoms with E-state index in [0.29, 0.717) is 6.54 Å². The van der Waals surface area contributed by atoms with E-state index < -0.39 is 4.92 Å². The van der Waals surface area contributed by atoms with Crippen LogP contribution in [0.25, 0.3) is 0 Å². The van der Waals surface area contributed by atoms with E-state index in [1.165, 1.54) is 11.9 Å². The molecule has 8 heteroatoms. The average molecular weight is 288 g/mol. The van der Waals surface area contributed by atoms with Crippen LogP contribution in [-0.4, -0.2) is 21.4 Å². The number of hydrogen-bond acceptors (Lipinski definition) is 7. The summed E-state index contributed by atoms with van der Waals surface area (Å²) in [7, 11) is 0. The fourth-order valence-electron chi connectivity index (χ4n) is 1.98. The summed E-state index contributed by atoms with van der Waals surface area (Å²) in [6.07, 6.45) is 1.95. The summed E-state index contributed by atoms with van der Waals surface area (Å²) < 4.78 is 0. The van der Waals surface area contributed by atoms with Gasteiger partial charge >= 0.3 is 5.69 Å². The Bertz CT molecular complexity index is 646. The van der Waals surface area contributed by atoms with E-state index >= 15 is 0 Å². The van der Waals surface area contributed by atoms with Crippen LogP contribution in [0, 0.1) is 17.0 Å². The molecule has 2 aromatic rings. The van der Waals surface area contributed by atoms with Crippen molar-refractivity contribution in [1.82, 2.24) is 9.97 Å². The Morgan fingerprint density at radius 3 is 2.76 bits per heavy atom. The van der Waals surface area contributed by atoms with Crippen molar-refractivity contribution in [3.8, 4) is 0 Å². The third kappa shape index (κ3) is 3.63. The van der Waals surface area contributed by atoms with Crippen LogP contribution in [0.2, 0.25) is 0 Å². The molecule has 0 aliphatic rings. The average Bonchev–Trinajstić information content (AvgIpc) is 2.46. The zero-order chi connectivity index (χ0) is 15.2. The molecule has 4 N–H and O–H groups in total. The zero-order valence-electron chi connectivity index (χ0n) is 11.5. The van der Waals surface area contributed by atoms with Gasteiger partial charge in [0.2, 0.25) is 11.6 Å². The normalized spacial score (nSPS) is 10.2. The van der Waals surface area contributed by atoms with Crippen molar-refractivity contribution in [3.05, 3.63) is 51.8 Å². The monoisotopic (exact) mass is 288 g/mol. The van der Waals surface area contributed by atoms with Gasteiger partial charge in [0, 0.05) is 6.54 Å². The Morgan fingerprint density at radius 2 is 2.10 bits per heavy atom. The van der Waals surface area contributed by atoms with E-state index in [1.54, 1.807) is 0 Å². The first-order valence-electron chi connectivity index (χ1n) is 6.37. The topological polar surface area (TPSA) is 119 Å². The van der Waals surface area contributed by atoms with Crippen LogP contribution in [-0.2, 0) is 6.42 Å². The minimum atomic E-state index is -0.565. The van der Waals surface area contributed by atoms with Crippen LogP contribution >= 0.6 is 0 Å². The van der Waals surface area contributed by atoms with Crippen molar-refractivity contribution in [2.75, 3.05) is 17.3 Å². The van der Waals surface area contributed by atoms with Crippen LogP contribution in [0.1, 0.15) is 11.1 Å². The summed E-state index contributed by atoms with van der Waals surface area (Å²) in [5.41, 5.74) is 4.27. The molecular weight excluding hydrogens is 272 g/mol. The molecule has 1 aromatic carbocycles. The predicted octanol–water partition coefficient (Wildman–Crippen LogP) is 1.63. The van der Waals surface area contributed by atoms with Crippen molar-refractivity contribution in [1.29, 1.82) is 0 Å². The molecule has 0 fully saturated rings. The molecule has 0 amide bonds. The number of aromatic nitrogens is 2. The van der Waals surface area contributed by atoms with Crippen LogP contribution in [0.15, 0.2) is 30.6 Å². The van der Waals surface area contributed by atoms with E-state index in [-0.39, 0.29) is 17.3 Å². The van der Waals surface area contributed by atoms with Crippen molar-refractivity contribution in [2.45, 2.75) is 13.3 Å². The lowest BCUT2D eigenvalue weighted by atomic mass is 10.1. The number of aryl methyl sites for hydroxylation is 1. The highest BCUT2D eigenvalue weighted by atomic mass is 16.6. The third-order valence-electron chi connectivity index (χ3n) is 2.93. The van der Waals surface area contributed by atoms with E-state index in [0.717, 1.165) is 12.0 Å². The van der Waals surface area contributed by atoms with E-state index in [1.807, 2.05) is 25.1 Å². The number of nitrogens with one attached hydrogen (secondary N) is 2. The molecule has 21 heavy (non-hydrogen) atoms. The van der Waals surface area contributed by atoms with Gasteiger partial charge in [0.05, 0.1) is 4.92 Å². The smallest absolute Gasteiger partial charge is 0.354 e. The molecule has 0 bridgehead atoms. The molecule has 1 heterocycles. The van der Waals surface area contributed by atoms with Gasteiger partial charge in [0.15, 0.2) is 0 Å². The minimum Gasteiger partial charge on any atom is -0.364 e. The first-order chi connectivity index (χ1) is 10.1. The number of hydrogen-bond donors (Lipinski definition) is 3. The number of rotatable bonds is 6. The fourth-order valence-corrected chi connectivity index (χ4v) is 1.98. The third-order valence-corrected chi connectivity index (χ3v) is 2.93. The summed E-state index contributed by atoms with van der Waals surface area (Å²) in [6, 6.07) is 8.08. The summed E-state index contributed by atoms with van der Waals surface area (Å²) in [5, 5.41) is 14.0. The Balaban J connectivity index is 2.08. The molecule has 0 atom stereocenters. The van der Waals surface area contributed by atoms with Gasteiger partial charge in [-0.2, -0.15) is 0 Å². The molecule has 0 unspecified atom stereocenters. The lowest BCUT2D eigenvalue weighted by molar-refractivity contribution is -0.383. The molecule has 0 aliphatic carbocycles. The first-order valence-corrected chi connectivity index (χ1v) is 6.37. The van der Waals surface area contributed by atoms with Crippen molar-refractivity contribution in [2.24, 2.45) is 5.84 Å². The standard InChI is InChI=1S/C13H16N6O2/c1-9-3-2-4-10(7-9)5-6-15-12-11(19(20)21)13(18-14)17-8-16-12/h2-4,7-8H,5-6,14H2,1H3,(H2,15,16,17,18). The van der Waals surface area contributed by atoms with Crippen molar-refractivity contribution in [3.63, 3.8) is 0 Å². The highest BCUT2D eigenvalue weighted by Gasteiger charge is 2.21. The second-order valence-electron chi connectivity index (χ2n) is 4.49. The lowest BCUT2D eigenvalue weighted by Gasteiger charge is -2.08. The maximum atomic E-state index is 11.1. The van der Waals surface area contributed by atoms with E-state index in [2.05, 4.69) is 26.8 Å². The summed E-state index contributed by atoms with van der Waals surface area (Å²) in [4.78, 5) is 18.1. The molecule has 110 valence electrons. The molecular formula is C13H16N6O2. The summed E-state index contributed by atoms with van der Waals surface area (Å²) in [5.74, 6) is 5.35. The number of hydrazine groups is 1. The Hall–Kier alpha value is -2.74. The van der Waals surface area contributed by atoms with Gasteiger partial charge in [0.25, 0.3) is 0 Å². The highest BCUT2D eigenvalue weighted by molar-refractivity contribution is 5.68. The summed E-state index contributed by atoms with van der Waals surface area (Å²) in [6.45, 7) is 2.54. The zero-order valence-corrected chi connectivity index (χ0v) is 11.5. The molecule has 0 spiro atoms. The van der Waals surface area contributed by atoms with Crippen molar-refractivity contribution >= 4 is 17.3 Å². The second kappa shape index (κ2) is 6.62. The van der Waals surface area contributed by atoms with Crippen LogP contribution in [0.4, 0.5) is 17.3 Å². The van der Waals surface area contributed by atoms with Crippen molar-refractivity contribution < 1.29 is 4.92 Å². The maximum absolute atomic E-state index is 11.1. The number of benzene rings is 1. The highest BCUT2D eigenvalue weighted by Crippen LogP contribution is 2.27. The Kier molecular flexibility index (Phi) is 4.62. The number of nitrogens with zero attached hydrogens (tertiary/aromatic N) is 3. The van der Waals surface area contributed by atoms with Gasteiger partial charge in [-0.3, -0.25) is 10.1 Å². The number of nitrogen functional groups attached to an aromatic ring is 1. The fraction of sp³-hybridized carbons (Fsp3) is 0.231. The molecule has 0 radical (unpaired) electrons. The van der Waals surface area contributed by atoms with Gasteiger partial charge < -0.3 is 10.7 Å². The molecule has 0 saturated heterocycles. The van der Waals surface area contributed by atoms with Gasteiger partial charge in [0.1, 0.15) is 6.33 Å². The maximum Gasteiger partial charge on any atom is 0.354 e. The predicted molar refractivity (Wildman–Crippen MR) is 79.9 cm³/mol. The van der Waals surface area contributed by atoms with Gasteiger partial charge in [-0.1, -0.05) is 29.8 Å². The molecule has 8 nitrogen and oxygen atoms in total. The lowest BCUT2D eigenvalue weighted by Crippen LogP contribution is -2.14. The van der Waals surface area contributed by atoms with Crippen LogP contribution in [0.3, 0.4) is 0 Å². The SMILES string of the molecule is Cc1cccc(CCNc2ncnc(NN)c2[N+](=O)[O-])c1. The summed E-state index contributed by atoms with van der Waals surface area (Å²) >= 11 is 0. The molecule has 0 saturated carbocycles. The number of nitro groups is 1. The Labute approximate surface area is 121 Å². The van der Waals surface area contributed by atoms with Crippen LogP contribution < -0.4 is 16.6 Å². The van der Waals surface area contributed by atoms with E-state index in [9.17, 15) is 10.1 Å². The molecule has 1 aromatic heterocycles. The van der Waals surface area contributed by atoms with Crippen LogP contribution in [0.5, 0.6) is 0 Å². The quantitative estimate of drug-likeness (QED) is 0.420. The van der Waals surface area contributed by atoms with Gasteiger partial charge in [-0.05, 0) is 18.9 Å². The Morgan fingerprint density at radius 1 is 1.33 bits per heavy atom. The largest absolute Gasteiger partial charge is 0.364 e.